The molecule has 0 saturated carbocycles. The summed E-state index contributed by atoms with van der Waals surface area (Å²) in [6, 6.07) is 0. The summed E-state index contributed by atoms with van der Waals surface area (Å²) in [6.07, 6.45) is 5.48. The topological polar surface area (TPSA) is 0 Å². The van der Waals surface area contributed by atoms with Crippen molar-refractivity contribution in [2.45, 2.75) is 41.5 Å². The summed E-state index contributed by atoms with van der Waals surface area (Å²) in [4.78, 5) is 0. The van der Waals surface area contributed by atoms with Gasteiger partial charge < -0.3 is 0 Å². The summed E-state index contributed by atoms with van der Waals surface area (Å²) in [5.41, 5.74) is 0.473. The second kappa shape index (κ2) is 2.77. The van der Waals surface area contributed by atoms with Gasteiger partial charge in [-0.15, -0.1) is 0 Å². The Bertz CT molecular complexity index is 100.0. The van der Waals surface area contributed by atoms with Crippen LogP contribution in [-0.2, 0) is 0 Å². The lowest BCUT2D eigenvalue weighted by Gasteiger charge is -2.16. The van der Waals surface area contributed by atoms with Gasteiger partial charge in [-0.3, -0.25) is 0 Å². The molecule has 0 aromatic heterocycles. The maximum Gasteiger partial charge on any atom is -0.0132 e. The monoisotopic (exact) mass is 139 g/mol. The van der Waals surface area contributed by atoms with Gasteiger partial charge in [-0.05, 0) is 16.9 Å². The lowest BCUT2D eigenvalue weighted by Crippen LogP contribution is -2.05. The molecule has 0 aromatic rings. The van der Waals surface area contributed by atoms with E-state index >= 15 is 0 Å². The Kier molecular flexibility index (Phi) is 2.70. The molecule has 0 bridgehead atoms. The third-order valence-corrected chi connectivity index (χ3v) is 0.938. The number of allylic oxidation sites excluding steroid dienone is 2. The molecule has 0 aromatic carbocycles. The Morgan fingerprint density at radius 1 is 0.900 bits per heavy atom. The zero-order chi connectivity index (χ0) is 8.41. The van der Waals surface area contributed by atoms with Crippen LogP contribution < -0.4 is 0 Å². The van der Waals surface area contributed by atoms with E-state index in [4.69, 9.17) is 0 Å². The van der Waals surface area contributed by atoms with Crippen LogP contribution in [-0.4, -0.2) is 0 Å². The van der Waals surface area contributed by atoms with E-state index < -0.39 is 0 Å². The van der Waals surface area contributed by atoms with Crippen LogP contribution in [0.5, 0.6) is 0 Å². The molecule has 0 spiro atoms. The Balaban J connectivity index is 4.01. The Labute approximate surface area is 65.3 Å². The highest BCUT2D eigenvalue weighted by molar-refractivity contribution is 4.92. The van der Waals surface area contributed by atoms with E-state index in [2.05, 4.69) is 53.7 Å². The van der Waals surface area contributed by atoms with Gasteiger partial charge in [0.05, 0.1) is 0 Å². The van der Waals surface area contributed by atoms with Crippen molar-refractivity contribution in [3.63, 3.8) is 0 Å². The molecular formula is C10H19. The fourth-order valence-electron chi connectivity index (χ4n) is 0.433. The molecule has 1 radical (unpaired) electrons. The zero-order valence-electron chi connectivity index (χ0n) is 8.08. The maximum atomic E-state index is 3.34. The fraction of sp³-hybridized carbons (Fsp3) is 0.800. The van der Waals surface area contributed by atoms with Crippen LogP contribution in [0.15, 0.2) is 6.08 Å². The van der Waals surface area contributed by atoms with Crippen LogP contribution >= 0.6 is 0 Å². The average Bonchev–Trinajstić information content (AvgIpc) is 1.57. The van der Waals surface area contributed by atoms with E-state index in [0.29, 0.717) is 0 Å². The average molecular weight is 139 g/mol. The molecule has 10 heavy (non-hydrogen) atoms. The van der Waals surface area contributed by atoms with E-state index in [-0.39, 0.29) is 10.8 Å². The van der Waals surface area contributed by atoms with Crippen molar-refractivity contribution in [2.24, 2.45) is 10.8 Å². The minimum Gasteiger partial charge on any atom is -0.0751 e. The normalized spacial score (nSPS) is 14.6. The fourth-order valence-corrected chi connectivity index (χ4v) is 0.433. The van der Waals surface area contributed by atoms with E-state index in [0.717, 1.165) is 0 Å². The Hall–Kier alpha value is -0.260. The van der Waals surface area contributed by atoms with Crippen LogP contribution in [0.2, 0.25) is 0 Å². The van der Waals surface area contributed by atoms with Crippen molar-refractivity contribution in [3.05, 3.63) is 12.2 Å². The van der Waals surface area contributed by atoms with Gasteiger partial charge in [0.25, 0.3) is 0 Å². The smallest absolute Gasteiger partial charge is 0.0132 e. The van der Waals surface area contributed by atoms with E-state index in [1.807, 2.05) is 0 Å². The van der Waals surface area contributed by atoms with Crippen molar-refractivity contribution < 1.29 is 0 Å². The van der Waals surface area contributed by atoms with Gasteiger partial charge in [-0.25, -0.2) is 0 Å². The first-order chi connectivity index (χ1) is 4.21. The first kappa shape index (κ1) is 9.74. The van der Waals surface area contributed by atoms with Crippen LogP contribution in [0.25, 0.3) is 0 Å². The summed E-state index contributed by atoms with van der Waals surface area (Å²) >= 11 is 0. The van der Waals surface area contributed by atoms with Crippen LogP contribution in [0, 0.1) is 16.9 Å². The van der Waals surface area contributed by atoms with Gasteiger partial charge in [0.2, 0.25) is 0 Å². The molecule has 59 valence electrons. The molecule has 0 aliphatic rings. The number of hydrogen-bond donors (Lipinski definition) is 0. The van der Waals surface area contributed by atoms with Crippen molar-refractivity contribution in [1.82, 2.24) is 0 Å². The Morgan fingerprint density at radius 3 is 1.40 bits per heavy atom. The molecule has 0 atom stereocenters. The number of hydrogen-bond acceptors (Lipinski definition) is 0. The summed E-state index contributed by atoms with van der Waals surface area (Å²) in [7, 11) is 0. The second-order valence-corrected chi connectivity index (χ2v) is 4.90. The zero-order valence-corrected chi connectivity index (χ0v) is 8.08. The SMILES string of the molecule is CC(C)(C)[C]=CC(C)(C)C. The van der Waals surface area contributed by atoms with E-state index in [1.165, 1.54) is 0 Å². The molecule has 0 unspecified atom stereocenters. The van der Waals surface area contributed by atoms with E-state index in [1.54, 1.807) is 0 Å². The molecule has 0 amide bonds. The van der Waals surface area contributed by atoms with Gasteiger partial charge in [-0.2, -0.15) is 0 Å². The quantitative estimate of drug-likeness (QED) is 0.482. The van der Waals surface area contributed by atoms with Crippen LogP contribution in [0.1, 0.15) is 41.5 Å². The largest absolute Gasteiger partial charge is 0.0751 e. The molecule has 0 heterocycles. The Morgan fingerprint density at radius 2 is 1.30 bits per heavy atom. The van der Waals surface area contributed by atoms with Crippen molar-refractivity contribution in [2.75, 3.05) is 0 Å². The van der Waals surface area contributed by atoms with Gasteiger partial charge in [-0.1, -0.05) is 47.6 Å². The highest BCUT2D eigenvalue weighted by atomic mass is 14.1. The molecule has 0 heteroatoms. The second-order valence-electron chi connectivity index (χ2n) is 4.90. The summed E-state index contributed by atoms with van der Waals surface area (Å²) in [5, 5.41) is 0. The predicted octanol–water partition coefficient (Wildman–Crippen LogP) is 3.44. The molecule has 0 nitrogen and oxygen atoms in total. The first-order valence-corrected chi connectivity index (χ1v) is 3.83. The van der Waals surface area contributed by atoms with Crippen molar-refractivity contribution in [3.8, 4) is 0 Å². The van der Waals surface area contributed by atoms with Crippen LogP contribution in [0.3, 0.4) is 0 Å². The molecule has 0 rings (SSSR count). The maximum absolute atomic E-state index is 3.34. The standard InChI is InChI=1S/C10H19/c1-9(2,3)7-8-10(4,5)6/h7H,1-6H3. The van der Waals surface area contributed by atoms with E-state index in [9.17, 15) is 0 Å². The minimum absolute atomic E-state index is 0.202. The summed E-state index contributed by atoms with van der Waals surface area (Å²) < 4.78 is 0. The van der Waals surface area contributed by atoms with Gasteiger partial charge >= 0.3 is 0 Å². The number of rotatable bonds is 0. The third kappa shape index (κ3) is 7.74. The summed E-state index contributed by atoms with van der Waals surface area (Å²) in [5.74, 6) is 0. The predicted molar refractivity (Wildman–Crippen MR) is 46.7 cm³/mol. The minimum atomic E-state index is 0.202. The van der Waals surface area contributed by atoms with Crippen molar-refractivity contribution >= 4 is 0 Å². The highest BCUT2D eigenvalue weighted by Gasteiger charge is 2.09. The molecule has 0 N–H and O–H groups in total. The molecule has 0 fully saturated rings. The van der Waals surface area contributed by atoms with Gasteiger partial charge in [0.1, 0.15) is 0 Å². The molecule has 0 aliphatic carbocycles. The molecular weight excluding hydrogens is 120 g/mol. The third-order valence-electron chi connectivity index (χ3n) is 0.938. The summed E-state index contributed by atoms with van der Waals surface area (Å²) in [6.45, 7) is 13.0. The van der Waals surface area contributed by atoms with Crippen LogP contribution in [0.4, 0.5) is 0 Å². The lowest BCUT2D eigenvalue weighted by atomic mass is 9.89. The highest BCUT2D eigenvalue weighted by Crippen LogP contribution is 2.20. The molecule has 0 saturated heterocycles. The van der Waals surface area contributed by atoms with Gasteiger partial charge in [0, 0.05) is 0 Å². The van der Waals surface area contributed by atoms with Crippen molar-refractivity contribution in [1.29, 1.82) is 0 Å². The molecule has 0 aliphatic heterocycles. The first-order valence-electron chi connectivity index (χ1n) is 3.83. The van der Waals surface area contributed by atoms with Gasteiger partial charge in [0.15, 0.2) is 0 Å². The lowest BCUT2D eigenvalue weighted by molar-refractivity contribution is 0.487.